The topological polar surface area (TPSA) is 51.6 Å². The van der Waals surface area contributed by atoms with Crippen molar-refractivity contribution in [3.63, 3.8) is 0 Å². The Morgan fingerprint density at radius 1 is 0.268 bits per heavy atom. The van der Waals surface area contributed by atoms with Crippen molar-refractivity contribution in [2.45, 2.75) is 0 Å². The van der Waals surface area contributed by atoms with Gasteiger partial charge in [-0.15, -0.1) is 22.7 Å². The molecular formula is C50H30N4S2. The van der Waals surface area contributed by atoms with Crippen LogP contribution in [0.25, 0.3) is 108 Å². The molecule has 4 nitrogen and oxygen atoms in total. The molecule has 262 valence electrons. The van der Waals surface area contributed by atoms with Crippen molar-refractivity contribution in [3.8, 4) is 67.5 Å². The van der Waals surface area contributed by atoms with Crippen LogP contribution in [0.1, 0.15) is 0 Å². The van der Waals surface area contributed by atoms with Crippen LogP contribution >= 0.6 is 22.7 Å². The quantitative estimate of drug-likeness (QED) is 0.170. The lowest BCUT2D eigenvalue weighted by atomic mass is 10.0. The maximum absolute atomic E-state index is 5.28. The predicted molar refractivity (Wildman–Crippen MR) is 236 cm³/mol. The van der Waals surface area contributed by atoms with Gasteiger partial charge in [-0.2, -0.15) is 0 Å². The van der Waals surface area contributed by atoms with E-state index >= 15 is 0 Å². The molecule has 0 amide bonds. The van der Waals surface area contributed by atoms with Gasteiger partial charge in [-0.3, -0.25) is 0 Å². The first kappa shape index (κ1) is 32.6. The summed E-state index contributed by atoms with van der Waals surface area (Å²) in [6.07, 6.45) is 0. The number of fused-ring (bicyclic) bond motifs is 6. The van der Waals surface area contributed by atoms with Crippen LogP contribution in [-0.4, -0.2) is 19.9 Å². The van der Waals surface area contributed by atoms with Crippen LogP contribution in [0, 0.1) is 0 Å². The molecule has 4 aromatic heterocycles. The zero-order valence-corrected chi connectivity index (χ0v) is 31.6. The van der Waals surface area contributed by atoms with Crippen molar-refractivity contribution in [1.82, 2.24) is 19.9 Å². The standard InChI is InChI=1S/C50H30N4S2/c1-3-11-31(12-4-1)33-19-23-35(24-20-33)45-43-39-15-7-9-17-41(39)55-49(43)53-47(51-45)37-27-29-38(30-28-37)48-52-46(44-40-16-8-10-18-42(40)56-50(44)54-48)36-25-21-34(22-26-36)32-13-5-2-6-14-32/h1-30H. The van der Waals surface area contributed by atoms with Crippen molar-refractivity contribution in [1.29, 1.82) is 0 Å². The Morgan fingerprint density at radius 2 is 0.589 bits per heavy atom. The zero-order chi connectivity index (χ0) is 37.0. The summed E-state index contributed by atoms with van der Waals surface area (Å²) in [5, 5.41) is 4.53. The normalized spacial score (nSPS) is 11.6. The van der Waals surface area contributed by atoms with Crippen molar-refractivity contribution in [2.24, 2.45) is 0 Å². The fraction of sp³-hybridized carbons (Fsp3) is 0. The summed E-state index contributed by atoms with van der Waals surface area (Å²) < 4.78 is 2.40. The van der Waals surface area contributed by atoms with Crippen molar-refractivity contribution < 1.29 is 0 Å². The number of hydrogen-bond acceptors (Lipinski definition) is 6. The molecule has 0 aliphatic rings. The molecule has 0 atom stereocenters. The van der Waals surface area contributed by atoms with Crippen molar-refractivity contribution in [2.75, 3.05) is 0 Å². The van der Waals surface area contributed by atoms with Gasteiger partial charge in [0, 0.05) is 53.2 Å². The van der Waals surface area contributed by atoms with Crippen molar-refractivity contribution >= 4 is 63.3 Å². The van der Waals surface area contributed by atoms with E-state index in [4.69, 9.17) is 19.9 Å². The first-order chi connectivity index (χ1) is 27.7. The Labute approximate surface area is 331 Å². The summed E-state index contributed by atoms with van der Waals surface area (Å²) >= 11 is 3.42. The van der Waals surface area contributed by atoms with Crippen LogP contribution in [-0.2, 0) is 0 Å². The molecule has 0 N–H and O–H groups in total. The number of aromatic nitrogens is 4. The van der Waals surface area contributed by atoms with Gasteiger partial charge in [-0.1, -0.05) is 170 Å². The Bertz CT molecular complexity index is 2990. The second-order valence-corrected chi connectivity index (χ2v) is 15.9. The maximum Gasteiger partial charge on any atom is 0.161 e. The molecule has 0 radical (unpaired) electrons. The molecular weight excluding hydrogens is 721 g/mol. The van der Waals surface area contributed by atoms with E-state index in [1.54, 1.807) is 22.7 Å². The van der Waals surface area contributed by atoms with E-state index in [0.717, 1.165) is 54.1 Å². The minimum atomic E-state index is 0.692. The highest BCUT2D eigenvalue weighted by molar-refractivity contribution is 7.26. The highest BCUT2D eigenvalue weighted by atomic mass is 32.1. The highest BCUT2D eigenvalue weighted by Crippen LogP contribution is 2.42. The SMILES string of the molecule is c1ccc(-c2ccc(-c3nc(-c4ccc(-c5nc(-c6ccc(-c7ccccc7)cc6)c6c(n5)sc5ccccc56)cc4)nc4sc5ccccc5c34)cc2)cc1. The summed E-state index contributed by atoms with van der Waals surface area (Å²) in [5.41, 5.74) is 10.6. The average molecular weight is 751 g/mol. The number of benzene rings is 7. The van der Waals surface area contributed by atoms with E-state index in [2.05, 4.69) is 170 Å². The summed E-state index contributed by atoms with van der Waals surface area (Å²) in [4.78, 5) is 22.8. The van der Waals surface area contributed by atoms with Gasteiger partial charge in [0.1, 0.15) is 9.66 Å². The van der Waals surface area contributed by atoms with Gasteiger partial charge in [-0.05, 0) is 34.4 Å². The second kappa shape index (κ2) is 13.5. The minimum Gasteiger partial charge on any atom is -0.227 e. The largest absolute Gasteiger partial charge is 0.227 e. The van der Waals surface area contributed by atoms with E-state index in [1.807, 2.05) is 12.1 Å². The maximum atomic E-state index is 5.28. The number of nitrogens with zero attached hydrogens (tertiary/aromatic N) is 4. The number of thiophene rings is 2. The molecule has 4 heterocycles. The minimum absolute atomic E-state index is 0.692. The lowest BCUT2D eigenvalue weighted by molar-refractivity contribution is 1.23. The third-order valence-electron chi connectivity index (χ3n) is 10.4. The van der Waals surface area contributed by atoms with Crippen LogP contribution in [0.5, 0.6) is 0 Å². The zero-order valence-electron chi connectivity index (χ0n) is 29.9. The molecule has 7 aromatic carbocycles. The molecule has 11 aromatic rings. The summed E-state index contributed by atoms with van der Waals surface area (Å²) in [6.45, 7) is 0. The van der Waals surface area contributed by atoms with Crippen LogP contribution in [0.15, 0.2) is 182 Å². The molecule has 0 aliphatic heterocycles. The van der Waals surface area contributed by atoms with Gasteiger partial charge in [0.25, 0.3) is 0 Å². The van der Waals surface area contributed by atoms with Gasteiger partial charge in [-0.25, -0.2) is 19.9 Å². The molecule has 0 saturated carbocycles. The smallest absolute Gasteiger partial charge is 0.161 e. The van der Waals surface area contributed by atoms with E-state index < -0.39 is 0 Å². The molecule has 56 heavy (non-hydrogen) atoms. The van der Waals surface area contributed by atoms with Crippen LogP contribution in [0.2, 0.25) is 0 Å². The van der Waals surface area contributed by atoms with Gasteiger partial charge in [0.15, 0.2) is 11.6 Å². The van der Waals surface area contributed by atoms with Crippen LogP contribution in [0.3, 0.4) is 0 Å². The summed E-state index contributed by atoms with van der Waals surface area (Å²) in [5.74, 6) is 1.38. The number of hydrogen-bond donors (Lipinski definition) is 0. The summed E-state index contributed by atoms with van der Waals surface area (Å²) in [7, 11) is 0. The number of rotatable bonds is 6. The summed E-state index contributed by atoms with van der Waals surface area (Å²) in [6, 6.07) is 63.8. The molecule has 11 rings (SSSR count). The van der Waals surface area contributed by atoms with Crippen LogP contribution < -0.4 is 0 Å². The van der Waals surface area contributed by atoms with Gasteiger partial charge >= 0.3 is 0 Å². The van der Waals surface area contributed by atoms with Crippen molar-refractivity contribution in [3.05, 3.63) is 182 Å². The molecule has 0 fully saturated rings. The van der Waals surface area contributed by atoms with Gasteiger partial charge in [0.2, 0.25) is 0 Å². The van der Waals surface area contributed by atoms with E-state index in [1.165, 1.54) is 42.4 Å². The Balaban J connectivity index is 1.01. The predicted octanol–water partition coefficient (Wildman–Crippen LogP) is 14.0. The molecule has 0 spiro atoms. The third-order valence-corrected chi connectivity index (χ3v) is 12.5. The van der Waals surface area contributed by atoms with E-state index in [0.29, 0.717) is 11.6 Å². The second-order valence-electron chi connectivity index (χ2n) is 13.8. The monoisotopic (exact) mass is 750 g/mol. The lowest BCUT2D eigenvalue weighted by Gasteiger charge is -2.10. The van der Waals surface area contributed by atoms with Gasteiger partial charge in [0.05, 0.1) is 11.4 Å². The molecule has 0 bridgehead atoms. The first-order valence-corrected chi connectivity index (χ1v) is 20.2. The van der Waals surface area contributed by atoms with Gasteiger partial charge < -0.3 is 0 Å². The molecule has 6 heteroatoms. The van der Waals surface area contributed by atoms with E-state index in [-0.39, 0.29) is 0 Å². The first-order valence-electron chi connectivity index (χ1n) is 18.5. The van der Waals surface area contributed by atoms with E-state index in [9.17, 15) is 0 Å². The molecule has 0 saturated heterocycles. The highest BCUT2D eigenvalue weighted by Gasteiger charge is 2.19. The fourth-order valence-electron chi connectivity index (χ4n) is 7.59. The molecule has 0 unspecified atom stereocenters. The average Bonchev–Trinajstić information content (AvgIpc) is 3.85. The Kier molecular flexibility index (Phi) is 7.83. The Hall–Kier alpha value is -6.86. The molecule has 0 aliphatic carbocycles. The lowest BCUT2D eigenvalue weighted by Crippen LogP contribution is -1.95. The Morgan fingerprint density at radius 3 is 1.00 bits per heavy atom. The van der Waals surface area contributed by atoms with Crippen LogP contribution in [0.4, 0.5) is 0 Å². The third kappa shape index (κ3) is 5.66. The fourth-order valence-corrected chi connectivity index (χ4v) is 9.74.